The summed E-state index contributed by atoms with van der Waals surface area (Å²) in [6.45, 7) is 0.609. The maximum absolute atomic E-state index is 12.9. The molecule has 8 heteroatoms. The lowest BCUT2D eigenvalue weighted by atomic mass is 10.2. The Bertz CT molecular complexity index is 757. The van der Waals surface area contributed by atoms with E-state index in [-0.39, 0.29) is 19.1 Å². The second-order valence-electron chi connectivity index (χ2n) is 4.83. The van der Waals surface area contributed by atoms with Crippen molar-refractivity contribution in [2.75, 3.05) is 13.2 Å². The van der Waals surface area contributed by atoms with Crippen LogP contribution >= 0.6 is 11.3 Å². The van der Waals surface area contributed by atoms with E-state index in [1.54, 1.807) is 11.0 Å². The van der Waals surface area contributed by atoms with Crippen molar-refractivity contribution in [3.8, 4) is 5.69 Å². The van der Waals surface area contributed by atoms with Gasteiger partial charge in [-0.2, -0.15) is 4.68 Å². The molecule has 0 saturated carbocycles. The zero-order chi connectivity index (χ0) is 16.1. The Morgan fingerprint density at radius 3 is 2.78 bits per heavy atom. The minimum Gasteiger partial charge on any atom is -0.395 e. The van der Waals surface area contributed by atoms with Gasteiger partial charge in [-0.1, -0.05) is 30.3 Å². The topological polar surface area (TPSA) is 84.1 Å². The highest BCUT2D eigenvalue weighted by molar-refractivity contribution is 7.12. The van der Waals surface area contributed by atoms with Crippen molar-refractivity contribution in [2.24, 2.45) is 0 Å². The maximum atomic E-state index is 12.9. The van der Waals surface area contributed by atoms with Gasteiger partial charge in [0.1, 0.15) is 11.2 Å². The van der Waals surface area contributed by atoms with E-state index in [0.29, 0.717) is 17.1 Å². The summed E-state index contributed by atoms with van der Waals surface area (Å²) in [5.74, 6) is -0.150. The normalized spacial score (nSPS) is 10.7. The molecule has 7 nitrogen and oxygen atoms in total. The molecule has 118 valence electrons. The van der Waals surface area contributed by atoms with E-state index in [2.05, 4.69) is 15.5 Å². The number of carbonyl (C=O) groups is 1. The highest BCUT2D eigenvalue weighted by Gasteiger charge is 2.21. The number of hydrogen-bond donors (Lipinski definition) is 1. The predicted molar refractivity (Wildman–Crippen MR) is 85.3 cm³/mol. The summed E-state index contributed by atoms with van der Waals surface area (Å²) in [5.41, 5.74) is 1.65. The standard InChI is InChI=1S/C15H15N5O2S/c21-8-7-19(10-12-4-2-1-3-5-12)15(22)14-13(6-9-23-14)20-11-16-17-18-20/h1-6,9,11,21H,7-8,10H2. The molecule has 1 aromatic carbocycles. The lowest BCUT2D eigenvalue weighted by Crippen LogP contribution is -2.33. The van der Waals surface area contributed by atoms with E-state index in [4.69, 9.17) is 0 Å². The van der Waals surface area contributed by atoms with Gasteiger partial charge < -0.3 is 10.0 Å². The third kappa shape index (κ3) is 3.43. The number of nitrogens with zero attached hydrogens (tertiary/aromatic N) is 5. The van der Waals surface area contributed by atoms with Crippen molar-refractivity contribution in [3.63, 3.8) is 0 Å². The van der Waals surface area contributed by atoms with E-state index < -0.39 is 0 Å². The first-order chi connectivity index (χ1) is 11.3. The van der Waals surface area contributed by atoms with E-state index in [0.717, 1.165) is 5.56 Å². The molecule has 0 aliphatic rings. The van der Waals surface area contributed by atoms with Gasteiger partial charge in [-0.25, -0.2) is 0 Å². The number of rotatable bonds is 6. The Balaban J connectivity index is 1.86. The number of thiophene rings is 1. The van der Waals surface area contributed by atoms with E-state index in [9.17, 15) is 9.90 Å². The first kappa shape index (κ1) is 15.3. The SMILES string of the molecule is O=C(c1sccc1-n1cnnn1)N(CCO)Cc1ccccc1. The number of aromatic nitrogens is 4. The molecule has 0 spiro atoms. The fourth-order valence-corrected chi connectivity index (χ4v) is 3.08. The average Bonchev–Trinajstić information content (AvgIpc) is 3.25. The summed E-state index contributed by atoms with van der Waals surface area (Å²) in [4.78, 5) is 15.0. The van der Waals surface area contributed by atoms with Gasteiger partial charge in [-0.05, 0) is 27.4 Å². The van der Waals surface area contributed by atoms with Gasteiger partial charge in [-0.3, -0.25) is 4.79 Å². The zero-order valence-electron chi connectivity index (χ0n) is 12.2. The smallest absolute Gasteiger partial charge is 0.266 e. The van der Waals surface area contributed by atoms with Crippen LogP contribution in [-0.2, 0) is 6.54 Å². The Morgan fingerprint density at radius 1 is 1.26 bits per heavy atom. The fourth-order valence-electron chi connectivity index (χ4n) is 2.24. The second kappa shape index (κ2) is 7.12. The molecule has 3 rings (SSSR count). The minimum absolute atomic E-state index is 0.0931. The molecular formula is C15H15N5O2S. The highest BCUT2D eigenvalue weighted by atomic mass is 32.1. The van der Waals surface area contributed by atoms with Crippen LogP contribution in [0.15, 0.2) is 48.1 Å². The molecule has 0 fully saturated rings. The van der Waals surface area contributed by atoms with Crippen molar-refractivity contribution >= 4 is 17.2 Å². The Labute approximate surface area is 136 Å². The summed E-state index contributed by atoms with van der Waals surface area (Å²) in [6, 6.07) is 11.5. The average molecular weight is 329 g/mol. The summed E-state index contributed by atoms with van der Waals surface area (Å²) in [7, 11) is 0. The van der Waals surface area contributed by atoms with Crippen LogP contribution in [0.4, 0.5) is 0 Å². The molecule has 2 aromatic heterocycles. The summed E-state index contributed by atoms with van der Waals surface area (Å²) >= 11 is 1.33. The Morgan fingerprint density at radius 2 is 2.09 bits per heavy atom. The first-order valence-corrected chi connectivity index (χ1v) is 7.92. The van der Waals surface area contributed by atoms with Crippen LogP contribution in [0, 0.1) is 0 Å². The number of aliphatic hydroxyl groups is 1. The van der Waals surface area contributed by atoms with Crippen LogP contribution in [0.25, 0.3) is 5.69 Å². The molecule has 0 bridgehead atoms. The molecule has 0 radical (unpaired) electrons. The van der Waals surface area contributed by atoms with Crippen molar-refractivity contribution in [1.29, 1.82) is 0 Å². The number of carbonyl (C=O) groups excluding carboxylic acids is 1. The monoisotopic (exact) mass is 329 g/mol. The van der Waals surface area contributed by atoms with Crippen LogP contribution in [0.1, 0.15) is 15.2 Å². The highest BCUT2D eigenvalue weighted by Crippen LogP contribution is 2.22. The van der Waals surface area contributed by atoms with Gasteiger partial charge in [0, 0.05) is 13.1 Å². The van der Waals surface area contributed by atoms with Gasteiger partial charge in [0.05, 0.1) is 12.3 Å². The third-order valence-electron chi connectivity index (χ3n) is 3.31. The van der Waals surface area contributed by atoms with Gasteiger partial charge in [-0.15, -0.1) is 16.4 Å². The van der Waals surface area contributed by atoms with Crippen molar-refractivity contribution in [1.82, 2.24) is 25.1 Å². The molecule has 0 unspecified atom stereocenters. The number of aliphatic hydroxyl groups excluding tert-OH is 1. The van der Waals surface area contributed by atoms with Gasteiger partial charge >= 0.3 is 0 Å². The van der Waals surface area contributed by atoms with E-state index in [1.165, 1.54) is 22.3 Å². The number of amides is 1. The Hall–Kier alpha value is -2.58. The molecular weight excluding hydrogens is 314 g/mol. The summed E-state index contributed by atoms with van der Waals surface area (Å²) in [6.07, 6.45) is 1.45. The zero-order valence-corrected chi connectivity index (χ0v) is 13.1. The quantitative estimate of drug-likeness (QED) is 0.738. The van der Waals surface area contributed by atoms with Crippen LogP contribution < -0.4 is 0 Å². The molecule has 0 saturated heterocycles. The van der Waals surface area contributed by atoms with Crippen molar-refractivity contribution in [3.05, 3.63) is 58.5 Å². The van der Waals surface area contributed by atoms with Crippen LogP contribution in [0.5, 0.6) is 0 Å². The molecule has 23 heavy (non-hydrogen) atoms. The number of hydrogen-bond acceptors (Lipinski definition) is 6. The Kier molecular flexibility index (Phi) is 4.74. The molecule has 0 aliphatic carbocycles. The molecule has 2 heterocycles. The summed E-state index contributed by atoms with van der Waals surface area (Å²) in [5, 5.41) is 22.1. The maximum Gasteiger partial charge on any atom is 0.266 e. The fraction of sp³-hybridized carbons (Fsp3) is 0.200. The van der Waals surface area contributed by atoms with E-state index >= 15 is 0 Å². The van der Waals surface area contributed by atoms with Gasteiger partial charge in [0.15, 0.2) is 0 Å². The lowest BCUT2D eigenvalue weighted by molar-refractivity contribution is 0.0712. The molecule has 1 N–H and O–H groups in total. The minimum atomic E-state index is -0.150. The molecule has 1 amide bonds. The second-order valence-corrected chi connectivity index (χ2v) is 5.74. The van der Waals surface area contributed by atoms with E-state index in [1.807, 2.05) is 35.7 Å². The van der Waals surface area contributed by atoms with Gasteiger partial charge in [0.25, 0.3) is 5.91 Å². The number of tetrazole rings is 1. The molecule has 0 atom stereocenters. The predicted octanol–water partition coefficient (Wildman–Crippen LogP) is 1.36. The first-order valence-electron chi connectivity index (χ1n) is 7.04. The molecule has 3 aromatic rings. The van der Waals surface area contributed by atoms with Crippen LogP contribution in [0.2, 0.25) is 0 Å². The third-order valence-corrected chi connectivity index (χ3v) is 4.20. The summed E-state index contributed by atoms with van der Waals surface area (Å²) < 4.78 is 1.46. The van der Waals surface area contributed by atoms with Crippen molar-refractivity contribution < 1.29 is 9.90 Å². The van der Waals surface area contributed by atoms with Crippen LogP contribution in [0.3, 0.4) is 0 Å². The number of benzene rings is 1. The van der Waals surface area contributed by atoms with Crippen LogP contribution in [-0.4, -0.2) is 49.3 Å². The largest absolute Gasteiger partial charge is 0.395 e. The van der Waals surface area contributed by atoms with Crippen molar-refractivity contribution in [2.45, 2.75) is 6.54 Å². The van der Waals surface area contributed by atoms with Gasteiger partial charge in [0.2, 0.25) is 0 Å². The molecule has 0 aliphatic heterocycles. The lowest BCUT2D eigenvalue weighted by Gasteiger charge is -2.21.